The fourth-order valence-electron chi connectivity index (χ4n) is 2.79. The molecule has 2 heteroatoms. The largest absolute Gasteiger partial charge is 0.458 e. The van der Waals surface area contributed by atoms with Gasteiger partial charge in [-0.2, -0.15) is 0 Å². The van der Waals surface area contributed by atoms with Crippen molar-refractivity contribution in [3.8, 4) is 0 Å². The highest BCUT2D eigenvalue weighted by Gasteiger charge is 2.42. The molecule has 106 valence electrons. The van der Waals surface area contributed by atoms with Crippen molar-refractivity contribution in [2.75, 3.05) is 0 Å². The molecule has 1 saturated carbocycles. The first kappa shape index (κ1) is 15.5. The molecule has 0 spiro atoms. The fraction of sp³-hybridized carbons (Fsp3) is 0.938. The van der Waals surface area contributed by atoms with Crippen LogP contribution in [0.4, 0.5) is 0 Å². The molecule has 1 aliphatic rings. The Labute approximate surface area is 112 Å². The predicted molar refractivity (Wildman–Crippen MR) is 75.4 cm³/mol. The molecular weight excluding hydrogens is 224 g/mol. The Balaban J connectivity index is 2.81. The average Bonchev–Trinajstić information content (AvgIpc) is 2.38. The van der Waals surface area contributed by atoms with Gasteiger partial charge in [0.2, 0.25) is 0 Å². The Hall–Kier alpha value is -0.530. The summed E-state index contributed by atoms with van der Waals surface area (Å²) < 4.78 is 6.05. The maximum absolute atomic E-state index is 12.5. The van der Waals surface area contributed by atoms with Gasteiger partial charge in [0.15, 0.2) is 0 Å². The highest BCUT2D eigenvalue weighted by atomic mass is 16.6. The standard InChI is InChI=1S/C16H30O2/c1-6-15(5,7-2)14(17)18-16(13(3)4)11-9-8-10-12-16/h13H,6-12H2,1-5H3. The van der Waals surface area contributed by atoms with E-state index >= 15 is 0 Å². The zero-order valence-corrected chi connectivity index (χ0v) is 12.8. The summed E-state index contributed by atoms with van der Waals surface area (Å²) in [5.74, 6) is 0.433. The van der Waals surface area contributed by atoms with Crippen LogP contribution in [0.15, 0.2) is 0 Å². The van der Waals surface area contributed by atoms with Gasteiger partial charge in [0.1, 0.15) is 5.60 Å². The molecule has 0 saturated heterocycles. The summed E-state index contributed by atoms with van der Waals surface area (Å²) in [7, 11) is 0. The lowest BCUT2D eigenvalue weighted by Gasteiger charge is -2.42. The Bertz CT molecular complexity index is 271. The molecule has 0 bridgehead atoms. The molecule has 0 aromatic rings. The van der Waals surface area contributed by atoms with Crippen molar-refractivity contribution in [2.45, 2.75) is 85.2 Å². The van der Waals surface area contributed by atoms with E-state index < -0.39 is 0 Å². The van der Waals surface area contributed by atoms with E-state index in [0.717, 1.165) is 25.7 Å². The molecule has 0 radical (unpaired) electrons. The highest BCUT2D eigenvalue weighted by molar-refractivity contribution is 5.76. The van der Waals surface area contributed by atoms with E-state index in [1.807, 2.05) is 6.92 Å². The molecule has 0 aromatic carbocycles. The second-order valence-electron chi connectivity index (χ2n) is 6.44. The Morgan fingerprint density at radius 2 is 1.67 bits per heavy atom. The summed E-state index contributed by atoms with van der Waals surface area (Å²) in [6.45, 7) is 10.6. The number of rotatable bonds is 5. The van der Waals surface area contributed by atoms with Crippen molar-refractivity contribution < 1.29 is 9.53 Å². The summed E-state index contributed by atoms with van der Waals surface area (Å²) in [6.07, 6.45) is 7.47. The van der Waals surface area contributed by atoms with Gasteiger partial charge in [-0.3, -0.25) is 4.79 Å². The summed E-state index contributed by atoms with van der Waals surface area (Å²) in [6, 6.07) is 0. The monoisotopic (exact) mass is 254 g/mol. The molecule has 0 unspecified atom stereocenters. The third-order valence-electron chi connectivity index (χ3n) is 5.10. The number of ether oxygens (including phenoxy) is 1. The molecule has 0 aromatic heterocycles. The molecule has 1 aliphatic carbocycles. The smallest absolute Gasteiger partial charge is 0.312 e. The van der Waals surface area contributed by atoms with Crippen LogP contribution in [0.25, 0.3) is 0 Å². The predicted octanol–water partition coefficient (Wildman–Crippen LogP) is 4.71. The fourth-order valence-corrected chi connectivity index (χ4v) is 2.79. The van der Waals surface area contributed by atoms with E-state index in [2.05, 4.69) is 27.7 Å². The zero-order valence-electron chi connectivity index (χ0n) is 12.8. The van der Waals surface area contributed by atoms with Crippen molar-refractivity contribution in [3.05, 3.63) is 0 Å². The van der Waals surface area contributed by atoms with Gasteiger partial charge < -0.3 is 4.74 Å². The summed E-state index contributed by atoms with van der Waals surface area (Å²) >= 11 is 0. The number of hydrogen-bond acceptors (Lipinski definition) is 2. The van der Waals surface area contributed by atoms with Crippen LogP contribution in [-0.2, 0) is 9.53 Å². The first-order valence-corrected chi connectivity index (χ1v) is 7.63. The van der Waals surface area contributed by atoms with Gasteiger partial charge in [-0.1, -0.05) is 34.1 Å². The lowest BCUT2D eigenvalue weighted by molar-refractivity contribution is -0.181. The average molecular weight is 254 g/mol. The quantitative estimate of drug-likeness (QED) is 0.664. The Morgan fingerprint density at radius 3 is 2.06 bits per heavy atom. The van der Waals surface area contributed by atoms with Crippen LogP contribution < -0.4 is 0 Å². The van der Waals surface area contributed by atoms with E-state index in [4.69, 9.17) is 4.74 Å². The van der Waals surface area contributed by atoms with Gasteiger partial charge in [0.05, 0.1) is 5.41 Å². The van der Waals surface area contributed by atoms with Gasteiger partial charge in [-0.15, -0.1) is 0 Å². The minimum Gasteiger partial charge on any atom is -0.458 e. The Morgan fingerprint density at radius 1 is 1.17 bits per heavy atom. The zero-order chi connectivity index (χ0) is 13.8. The van der Waals surface area contributed by atoms with Crippen LogP contribution in [0.3, 0.4) is 0 Å². The molecule has 1 fully saturated rings. The molecule has 0 aliphatic heterocycles. The molecule has 0 atom stereocenters. The molecule has 1 rings (SSSR count). The number of carbonyl (C=O) groups is 1. The van der Waals surface area contributed by atoms with Crippen molar-refractivity contribution in [3.63, 3.8) is 0 Å². The van der Waals surface area contributed by atoms with Crippen LogP contribution in [0.5, 0.6) is 0 Å². The third kappa shape index (κ3) is 3.07. The summed E-state index contributed by atoms with van der Waals surface area (Å²) in [4.78, 5) is 12.5. The van der Waals surface area contributed by atoms with Crippen LogP contribution >= 0.6 is 0 Å². The van der Waals surface area contributed by atoms with E-state index in [1.165, 1.54) is 19.3 Å². The van der Waals surface area contributed by atoms with Crippen molar-refractivity contribution >= 4 is 5.97 Å². The molecule has 18 heavy (non-hydrogen) atoms. The van der Waals surface area contributed by atoms with Crippen molar-refractivity contribution in [1.29, 1.82) is 0 Å². The van der Waals surface area contributed by atoms with E-state index in [0.29, 0.717) is 5.92 Å². The number of esters is 1. The normalized spacial score (nSPS) is 19.9. The maximum atomic E-state index is 12.5. The van der Waals surface area contributed by atoms with Crippen molar-refractivity contribution in [1.82, 2.24) is 0 Å². The molecule has 2 nitrogen and oxygen atoms in total. The Kier molecular flexibility index (Phi) is 5.24. The second kappa shape index (κ2) is 6.08. The second-order valence-corrected chi connectivity index (χ2v) is 6.44. The van der Waals surface area contributed by atoms with Gasteiger partial charge in [-0.05, 0) is 51.4 Å². The summed E-state index contributed by atoms with van der Waals surface area (Å²) in [5, 5.41) is 0. The molecule has 0 amide bonds. The maximum Gasteiger partial charge on any atom is 0.312 e. The van der Waals surface area contributed by atoms with Crippen molar-refractivity contribution in [2.24, 2.45) is 11.3 Å². The van der Waals surface area contributed by atoms with E-state index in [1.54, 1.807) is 0 Å². The molecular formula is C16H30O2. The van der Waals surface area contributed by atoms with E-state index in [-0.39, 0.29) is 17.0 Å². The highest BCUT2D eigenvalue weighted by Crippen LogP contribution is 2.40. The van der Waals surface area contributed by atoms with Gasteiger partial charge >= 0.3 is 5.97 Å². The van der Waals surface area contributed by atoms with Crippen LogP contribution in [0.1, 0.15) is 79.6 Å². The minimum atomic E-state index is -0.306. The number of hydrogen-bond donors (Lipinski definition) is 0. The topological polar surface area (TPSA) is 26.3 Å². The van der Waals surface area contributed by atoms with Gasteiger partial charge in [0, 0.05) is 0 Å². The van der Waals surface area contributed by atoms with E-state index in [9.17, 15) is 4.79 Å². The lowest BCUT2D eigenvalue weighted by atomic mass is 9.76. The van der Waals surface area contributed by atoms with Crippen LogP contribution in [0, 0.1) is 11.3 Å². The first-order valence-electron chi connectivity index (χ1n) is 7.63. The van der Waals surface area contributed by atoms with Gasteiger partial charge in [0.25, 0.3) is 0 Å². The lowest BCUT2D eigenvalue weighted by Crippen LogP contribution is -2.45. The van der Waals surface area contributed by atoms with Crippen LogP contribution in [0.2, 0.25) is 0 Å². The summed E-state index contributed by atoms with van der Waals surface area (Å²) in [5.41, 5.74) is -0.500. The molecule has 0 N–H and O–H groups in total. The SMILES string of the molecule is CCC(C)(CC)C(=O)OC1(C(C)C)CCCCC1. The molecule has 0 heterocycles. The van der Waals surface area contributed by atoms with Gasteiger partial charge in [-0.25, -0.2) is 0 Å². The minimum absolute atomic E-state index is 0.0168. The van der Waals surface area contributed by atoms with Crippen LogP contribution in [-0.4, -0.2) is 11.6 Å². The number of carbonyl (C=O) groups excluding carboxylic acids is 1. The first-order chi connectivity index (χ1) is 8.40. The third-order valence-corrected chi connectivity index (χ3v) is 5.10.